The molecule has 2 heterocycles. The maximum Gasteiger partial charge on any atom is 0.209 e. The monoisotopic (exact) mass is 490 g/mol. The zero-order valence-corrected chi connectivity index (χ0v) is 22.0. The average Bonchev–Trinajstić information content (AvgIpc) is 3.13. The number of fused-ring (bicyclic) bond motifs is 1. The van der Waals surface area contributed by atoms with Gasteiger partial charge in [-0.2, -0.15) is 4.58 Å². The summed E-state index contributed by atoms with van der Waals surface area (Å²) in [6, 6.07) is 24.6. The van der Waals surface area contributed by atoms with Gasteiger partial charge in [-0.3, -0.25) is 0 Å². The molecule has 5 rings (SSSR count). The fourth-order valence-corrected chi connectivity index (χ4v) is 4.99. The Morgan fingerprint density at radius 1 is 0.784 bits per heavy atom. The summed E-state index contributed by atoms with van der Waals surface area (Å²) in [5, 5.41) is 0. The standard InChI is InChI=1S/C33H32NO3/c1-33(2)29-10-6-7-11-30(29)34(3)32(33)12-8-9-28-21-25(23-13-17-26(35-4)18-14-23)22-31(37-28)24-15-19-27(36-5)20-16-24/h6-22H,1-5H3/q+1/b12-8+,28-9+. The number of methoxy groups -OCH3 is 2. The highest BCUT2D eigenvalue weighted by Gasteiger charge is 2.42. The highest BCUT2D eigenvalue weighted by molar-refractivity contribution is 6.03. The summed E-state index contributed by atoms with van der Waals surface area (Å²) >= 11 is 0. The Bertz CT molecular complexity index is 1470. The molecule has 2 aliphatic rings. The van der Waals surface area contributed by atoms with E-state index in [2.05, 4.69) is 86.2 Å². The molecule has 0 saturated carbocycles. The van der Waals surface area contributed by atoms with E-state index in [9.17, 15) is 0 Å². The van der Waals surface area contributed by atoms with Gasteiger partial charge in [0.15, 0.2) is 5.71 Å². The Morgan fingerprint density at radius 2 is 1.41 bits per heavy atom. The van der Waals surface area contributed by atoms with E-state index in [1.54, 1.807) is 14.2 Å². The third kappa shape index (κ3) is 4.75. The zero-order valence-electron chi connectivity index (χ0n) is 22.0. The Morgan fingerprint density at radius 3 is 2.03 bits per heavy atom. The topological polar surface area (TPSA) is 30.7 Å². The van der Waals surface area contributed by atoms with Crippen molar-refractivity contribution < 1.29 is 18.8 Å². The van der Waals surface area contributed by atoms with Crippen molar-refractivity contribution in [2.75, 3.05) is 21.3 Å². The van der Waals surface area contributed by atoms with Crippen LogP contribution in [0.5, 0.6) is 11.5 Å². The predicted molar refractivity (Wildman–Crippen MR) is 151 cm³/mol. The second kappa shape index (κ2) is 9.98. The van der Waals surface area contributed by atoms with E-state index in [4.69, 9.17) is 14.2 Å². The molecule has 37 heavy (non-hydrogen) atoms. The number of hydrogen-bond donors (Lipinski definition) is 0. The summed E-state index contributed by atoms with van der Waals surface area (Å²) in [4.78, 5) is 0. The van der Waals surface area contributed by atoms with Gasteiger partial charge in [-0.1, -0.05) is 36.4 Å². The second-order valence-electron chi connectivity index (χ2n) is 9.68. The molecule has 3 aromatic rings. The lowest BCUT2D eigenvalue weighted by atomic mass is 9.81. The summed E-state index contributed by atoms with van der Waals surface area (Å²) in [6.07, 6.45) is 10.4. The van der Waals surface area contributed by atoms with Crippen molar-refractivity contribution in [2.24, 2.45) is 0 Å². The van der Waals surface area contributed by atoms with E-state index in [1.807, 2.05) is 42.5 Å². The van der Waals surface area contributed by atoms with Crippen LogP contribution in [0, 0.1) is 0 Å². The molecule has 0 N–H and O–H groups in total. The highest BCUT2D eigenvalue weighted by atomic mass is 16.5. The van der Waals surface area contributed by atoms with Gasteiger partial charge < -0.3 is 14.2 Å². The molecule has 3 aromatic carbocycles. The highest BCUT2D eigenvalue weighted by Crippen LogP contribution is 2.39. The van der Waals surface area contributed by atoms with Crippen LogP contribution in [0.15, 0.2) is 109 Å². The third-order valence-electron chi connectivity index (χ3n) is 7.07. The summed E-state index contributed by atoms with van der Waals surface area (Å²) in [5.41, 5.74) is 6.89. The van der Waals surface area contributed by atoms with Gasteiger partial charge in [0.25, 0.3) is 0 Å². The predicted octanol–water partition coefficient (Wildman–Crippen LogP) is 7.30. The van der Waals surface area contributed by atoms with Gasteiger partial charge in [0.05, 0.1) is 19.6 Å². The Hall–Kier alpha value is -4.31. The number of nitrogens with zero attached hydrogens (tertiary/aromatic N) is 1. The second-order valence-corrected chi connectivity index (χ2v) is 9.68. The fraction of sp³-hybridized carbons (Fsp3) is 0.182. The molecule has 4 nitrogen and oxygen atoms in total. The molecule has 0 aromatic heterocycles. The van der Waals surface area contributed by atoms with E-state index in [0.29, 0.717) is 0 Å². The zero-order chi connectivity index (χ0) is 26.0. The van der Waals surface area contributed by atoms with Gasteiger partial charge in [0, 0.05) is 23.3 Å². The van der Waals surface area contributed by atoms with E-state index in [0.717, 1.165) is 39.7 Å². The average molecular weight is 491 g/mol. The molecule has 0 atom stereocenters. The molecule has 4 heteroatoms. The van der Waals surface area contributed by atoms with Crippen LogP contribution >= 0.6 is 0 Å². The van der Waals surface area contributed by atoms with Crippen molar-refractivity contribution >= 4 is 22.7 Å². The lowest BCUT2D eigenvalue weighted by molar-refractivity contribution is -0.401. The minimum Gasteiger partial charge on any atom is -0.497 e. The summed E-state index contributed by atoms with van der Waals surface area (Å²) in [7, 11) is 5.48. The van der Waals surface area contributed by atoms with E-state index < -0.39 is 0 Å². The van der Waals surface area contributed by atoms with Gasteiger partial charge in [-0.25, -0.2) is 0 Å². The summed E-state index contributed by atoms with van der Waals surface area (Å²) in [5.74, 6) is 3.20. The van der Waals surface area contributed by atoms with E-state index in [-0.39, 0.29) is 5.41 Å². The molecule has 0 unspecified atom stereocenters. The first-order valence-electron chi connectivity index (χ1n) is 12.4. The van der Waals surface area contributed by atoms with E-state index in [1.165, 1.54) is 17.0 Å². The van der Waals surface area contributed by atoms with Crippen molar-refractivity contribution in [3.8, 4) is 11.5 Å². The Labute approximate surface area is 219 Å². The number of allylic oxidation sites excluding steroid dienone is 6. The summed E-state index contributed by atoms with van der Waals surface area (Å²) < 4.78 is 19.3. The molecule has 0 fully saturated rings. The number of para-hydroxylation sites is 1. The number of benzene rings is 3. The minimum absolute atomic E-state index is 0.0774. The molecular weight excluding hydrogens is 458 g/mol. The maximum atomic E-state index is 6.35. The first-order chi connectivity index (χ1) is 17.9. The SMILES string of the molecule is COc1ccc(C2=C/C(=C\C=C\C3=[N+](C)c4ccccc4C3(C)C)OC(c3ccc(OC)cc3)=C2)cc1. The normalized spacial score (nSPS) is 17.4. The van der Waals surface area contributed by atoms with Crippen LogP contribution in [0.1, 0.15) is 30.5 Å². The molecule has 2 aliphatic heterocycles. The quantitative estimate of drug-likeness (QED) is 0.340. The minimum atomic E-state index is -0.0774. The van der Waals surface area contributed by atoms with Crippen LogP contribution in [-0.2, 0) is 10.2 Å². The van der Waals surface area contributed by atoms with Gasteiger partial charge in [0.2, 0.25) is 5.69 Å². The van der Waals surface area contributed by atoms with Crippen LogP contribution in [0.3, 0.4) is 0 Å². The van der Waals surface area contributed by atoms with Gasteiger partial charge in [-0.15, -0.1) is 0 Å². The number of rotatable bonds is 6. The van der Waals surface area contributed by atoms with Crippen LogP contribution < -0.4 is 9.47 Å². The van der Waals surface area contributed by atoms with Gasteiger partial charge in [0.1, 0.15) is 30.1 Å². The molecular formula is C33H32NO3+. The molecule has 0 radical (unpaired) electrons. The van der Waals surface area contributed by atoms with Crippen molar-refractivity contribution in [2.45, 2.75) is 19.3 Å². The maximum absolute atomic E-state index is 6.35. The van der Waals surface area contributed by atoms with Gasteiger partial charge >= 0.3 is 0 Å². The lowest BCUT2D eigenvalue weighted by Crippen LogP contribution is -2.26. The van der Waals surface area contributed by atoms with Crippen molar-refractivity contribution in [1.82, 2.24) is 0 Å². The fourth-order valence-electron chi connectivity index (χ4n) is 4.99. The van der Waals surface area contributed by atoms with Crippen LogP contribution in [0.2, 0.25) is 0 Å². The first kappa shape index (κ1) is 24.4. The van der Waals surface area contributed by atoms with Crippen molar-refractivity contribution in [3.05, 3.63) is 126 Å². The molecule has 186 valence electrons. The molecule has 0 amide bonds. The lowest BCUT2D eigenvalue weighted by Gasteiger charge is -2.18. The Balaban J connectivity index is 1.49. The largest absolute Gasteiger partial charge is 0.497 e. The van der Waals surface area contributed by atoms with E-state index >= 15 is 0 Å². The Kier molecular flexibility index (Phi) is 6.58. The molecule has 0 aliphatic carbocycles. The van der Waals surface area contributed by atoms with Gasteiger partial charge in [-0.05, 0) is 79.6 Å². The first-order valence-corrected chi connectivity index (χ1v) is 12.4. The number of hydrogen-bond acceptors (Lipinski definition) is 3. The summed E-state index contributed by atoms with van der Waals surface area (Å²) in [6.45, 7) is 4.54. The van der Waals surface area contributed by atoms with Crippen LogP contribution in [0.25, 0.3) is 11.3 Å². The van der Waals surface area contributed by atoms with Crippen molar-refractivity contribution in [3.63, 3.8) is 0 Å². The van der Waals surface area contributed by atoms with Crippen molar-refractivity contribution in [1.29, 1.82) is 0 Å². The molecule has 0 saturated heterocycles. The third-order valence-corrected chi connectivity index (χ3v) is 7.07. The smallest absolute Gasteiger partial charge is 0.209 e. The molecule has 0 spiro atoms. The number of ether oxygens (including phenoxy) is 3. The van der Waals surface area contributed by atoms with Crippen LogP contribution in [-0.4, -0.2) is 31.6 Å². The van der Waals surface area contributed by atoms with Crippen LogP contribution in [0.4, 0.5) is 5.69 Å². The molecule has 0 bridgehead atoms.